The summed E-state index contributed by atoms with van der Waals surface area (Å²) in [5.41, 5.74) is -1.70. The fraction of sp³-hybridized carbons (Fsp3) is 0.409. The lowest BCUT2D eigenvalue weighted by Gasteiger charge is -2.29. The number of ketones is 3. The Balaban J connectivity index is 1.87. The molecule has 1 fully saturated rings. The van der Waals surface area contributed by atoms with Gasteiger partial charge in [-0.15, -0.1) is 0 Å². The van der Waals surface area contributed by atoms with E-state index in [9.17, 15) is 33.0 Å². The predicted molar refractivity (Wildman–Crippen MR) is 113 cm³/mol. The minimum atomic E-state index is -3.17. The van der Waals surface area contributed by atoms with Crippen LogP contribution in [0.5, 0.6) is 17.2 Å². The summed E-state index contributed by atoms with van der Waals surface area (Å²) in [7, 11) is -3.17. The highest BCUT2D eigenvalue weighted by molar-refractivity contribution is 7.91. The summed E-state index contributed by atoms with van der Waals surface area (Å²) in [5.74, 6) is -2.93. The van der Waals surface area contributed by atoms with Crippen molar-refractivity contribution < 1.29 is 37.8 Å². The number of carbonyl (C=O) groups excluding carboxylic acids is 3. The minimum absolute atomic E-state index is 0.00972. The number of sulfone groups is 1. The summed E-state index contributed by atoms with van der Waals surface area (Å²) < 4.78 is 29.2. The maximum absolute atomic E-state index is 13.7. The van der Waals surface area contributed by atoms with Gasteiger partial charge in [-0.2, -0.15) is 0 Å². The zero-order valence-electron chi connectivity index (χ0n) is 18.0. The molecule has 1 saturated heterocycles. The highest BCUT2D eigenvalue weighted by Gasteiger charge is 2.56. The Morgan fingerprint density at radius 3 is 2.44 bits per heavy atom. The second-order valence-electron chi connectivity index (χ2n) is 8.63. The summed E-state index contributed by atoms with van der Waals surface area (Å²) in [6.07, 6.45) is 1.49. The van der Waals surface area contributed by atoms with Gasteiger partial charge in [-0.1, -0.05) is 0 Å². The summed E-state index contributed by atoms with van der Waals surface area (Å²) in [6, 6.07) is -0.421. The monoisotopic (exact) mass is 461 g/mol. The van der Waals surface area contributed by atoms with Crippen molar-refractivity contribution in [3.63, 3.8) is 0 Å². The van der Waals surface area contributed by atoms with E-state index in [1.807, 2.05) is 0 Å². The van der Waals surface area contributed by atoms with Crippen LogP contribution >= 0.6 is 0 Å². The van der Waals surface area contributed by atoms with Crippen LogP contribution in [0.2, 0.25) is 0 Å². The van der Waals surface area contributed by atoms with Crippen molar-refractivity contribution in [2.45, 2.75) is 45.6 Å². The summed E-state index contributed by atoms with van der Waals surface area (Å²) in [5, 5.41) is 24.2. The number of aromatic hydroxyl groups is 2. The molecule has 2 atom stereocenters. The van der Waals surface area contributed by atoms with Crippen molar-refractivity contribution >= 4 is 27.2 Å². The summed E-state index contributed by atoms with van der Waals surface area (Å²) in [6.45, 7) is 5.63. The Morgan fingerprint density at radius 1 is 1.22 bits per heavy atom. The van der Waals surface area contributed by atoms with Crippen molar-refractivity contribution in [3.8, 4) is 17.2 Å². The Bertz CT molecular complexity index is 1290. The second kappa shape index (κ2) is 6.93. The Morgan fingerprint density at radius 2 is 1.88 bits per heavy atom. The molecule has 0 amide bonds. The van der Waals surface area contributed by atoms with Gasteiger partial charge in [0.05, 0.1) is 22.6 Å². The van der Waals surface area contributed by atoms with E-state index in [4.69, 9.17) is 4.74 Å². The first-order valence-corrected chi connectivity index (χ1v) is 11.9. The van der Waals surface area contributed by atoms with Crippen LogP contribution in [0.4, 0.5) is 0 Å². The number of ether oxygens (including phenoxy) is 1. The molecule has 0 saturated carbocycles. The van der Waals surface area contributed by atoms with Gasteiger partial charge >= 0.3 is 0 Å². The number of Topliss-reactive ketones (excluding diaryl/α,β-unsaturated/α-hetero) is 2. The zero-order valence-corrected chi connectivity index (χ0v) is 18.8. The maximum Gasteiger partial charge on any atom is 0.194 e. The van der Waals surface area contributed by atoms with Crippen molar-refractivity contribution in [2.75, 3.05) is 11.5 Å². The lowest BCUT2D eigenvalue weighted by atomic mass is 9.70. The highest BCUT2D eigenvalue weighted by atomic mass is 32.2. The molecule has 32 heavy (non-hydrogen) atoms. The second-order valence-corrected chi connectivity index (χ2v) is 10.9. The lowest BCUT2D eigenvalue weighted by Crippen LogP contribution is -2.42. The molecule has 1 aromatic rings. The predicted octanol–water partition coefficient (Wildman–Crippen LogP) is 1.35. The van der Waals surface area contributed by atoms with E-state index in [1.54, 1.807) is 0 Å². The van der Waals surface area contributed by atoms with Crippen LogP contribution in [-0.4, -0.2) is 53.5 Å². The molecular weight excluding hydrogens is 438 g/mol. The standard InChI is InChI=1S/C22H23NO8S/c1-9-18(26)16(11(3)24)20-17(19(9)27)22(4)14(31-20)7-13(25)15(21(22)28)10(2)23-12-5-6-32(29,30)8-12/h7,12,23,26-27H,5-6,8H2,1-4H3/b15-10+/t12?,22-/m1/s1. The van der Waals surface area contributed by atoms with Gasteiger partial charge in [-0.25, -0.2) is 8.42 Å². The molecule has 1 unspecified atom stereocenters. The van der Waals surface area contributed by atoms with Gasteiger partial charge in [0.2, 0.25) is 0 Å². The molecule has 2 heterocycles. The molecular formula is C22H23NO8S. The number of nitrogens with one attached hydrogen (secondary N) is 1. The fourth-order valence-electron chi connectivity index (χ4n) is 4.65. The van der Waals surface area contributed by atoms with E-state index in [0.29, 0.717) is 6.42 Å². The van der Waals surface area contributed by atoms with Crippen LogP contribution in [0.25, 0.3) is 0 Å². The lowest BCUT2D eigenvalue weighted by molar-refractivity contribution is -0.123. The minimum Gasteiger partial charge on any atom is -0.507 e. The number of allylic oxidation sites excluding steroid dienone is 4. The summed E-state index contributed by atoms with van der Waals surface area (Å²) in [4.78, 5) is 38.7. The largest absolute Gasteiger partial charge is 0.507 e. The Labute approximate surface area is 184 Å². The number of hydrogen-bond acceptors (Lipinski definition) is 9. The zero-order chi connectivity index (χ0) is 23.7. The topological polar surface area (TPSA) is 147 Å². The van der Waals surface area contributed by atoms with Gasteiger partial charge < -0.3 is 20.3 Å². The smallest absolute Gasteiger partial charge is 0.194 e. The van der Waals surface area contributed by atoms with Gasteiger partial charge in [0, 0.05) is 23.4 Å². The van der Waals surface area contributed by atoms with E-state index >= 15 is 0 Å². The van der Waals surface area contributed by atoms with Crippen LogP contribution in [0, 0.1) is 6.92 Å². The Hall–Kier alpha value is -3.14. The van der Waals surface area contributed by atoms with E-state index in [2.05, 4.69) is 5.32 Å². The van der Waals surface area contributed by atoms with Gasteiger partial charge in [-0.3, -0.25) is 14.4 Å². The number of carbonyl (C=O) groups is 3. The van der Waals surface area contributed by atoms with Gasteiger partial charge in [0.15, 0.2) is 27.2 Å². The van der Waals surface area contributed by atoms with E-state index in [1.165, 1.54) is 27.7 Å². The third-order valence-electron chi connectivity index (χ3n) is 6.41. The molecule has 0 spiro atoms. The van der Waals surface area contributed by atoms with Gasteiger partial charge in [0.1, 0.15) is 34.0 Å². The quantitative estimate of drug-likeness (QED) is 0.345. The maximum atomic E-state index is 13.7. The molecule has 2 aliphatic heterocycles. The molecule has 170 valence electrons. The first-order valence-electron chi connectivity index (χ1n) is 10.1. The van der Waals surface area contributed by atoms with Crippen molar-refractivity contribution in [1.29, 1.82) is 0 Å². The van der Waals surface area contributed by atoms with Gasteiger partial charge in [-0.05, 0) is 34.1 Å². The normalized spacial score (nSPS) is 27.4. The van der Waals surface area contributed by atoms with Crippen LogP contribution in [-0.2, 0) is 24.8 Å². The first kappa shape index (κ1) is 22.1. The molecule has 0 aromatic heterocycles. The number of benzene rings is 1. The average Bonchev–Trinajstić information content (AvgIpc) is 3.16. The molecule has 0 radical (unpaired) electrons. The van der Waals surface area contributed by atoms with Gasteiger partial charge in [0.25, 0.3) is 0 Å². The number of fused-ring (bicyclic) bond motifs is 3. The average molecular weight is 461 g/mol. The Kier molecular flexibility index (Phi) is 4.78. The third kappa shape index (κ3) is 2.96. The summed E-state index contributed by atoms with van der Waals surface area (Å²) >= 11 is 0. The first-order chi connectivity index (χ1) is 14.8. The van der Waals surface area contributed by atoms with E-state index in [0.717, 1.165) is 6.08 Å². The van der Waals surface area contributed by atoms with Crippen LogP contribution in [0.15, 0.2) is 23.1 Å². The molecule has 0 bridgehead atoms. The molecule has 1 aliphatic carbocycles. The van der Waals surface area contributed by atoms with Crippen molar-refractivity contribution in [3.05, 3.63) is 39.8 Å². The number of phenolic OH excluding ortho intramolecular Hbond substituents is 2. The molecule has 1 aromatic carbocycles. The van der Waals surface area contributed by atoms with E-state index in [-0.39, 0.29) is 51.0 Å². The molecule has 3 N–H and O–H groups in total. The van der Waals surface area contributed by atoms with Crippen LogP contribution in [0.3, 0.4) is 0 Å². The van der Waals surface area contributed by atoms with Crippen LogP contribution in [0.1, 0.15) is 48.7 Å². The number of hydrogen-bond donors (Lipinski definition) is 3. The molecule has 3 aliphatic rings. The van der Waals surface area contributed by atoms with E-state index < -0.39 is 50.1 Å². The molecule has 9 nitrogen and oxygen atoms in total. The van der Waals surface area contributed by atoms with Crippen LogP contribution < -0.4 is 10.1 Å². The van der Waals surface area contributed by atoms with Crippen molar-refractivity contribution in [2.24, 2.45) is 0 Å². The third-order valence-corrected chi connectivity index (χ3v) is 8.18. The SMILES string of the molecule is CC(=O)c1c(O)c(C)c(O)c2c1OC1=CC(=O)/C(=C(/C)NC3CCS(=O)(=O)C3)C(=O)[C@]12C. The number of phenols is 2. The highest BCUT2D eigenvalue weighted by Crippen LogP contribution is 2.57. The fourth-order valence-corrected chi connectivity index (χ4v) is 6.32. The number of rotatable bonds is 3. The molecule has 10 heteroatoms. The van der Waals surface area contributed by atoms with Crippen molar-refractivity contribution in [1.82, 2.24) is 5.32 Å². The molecule has 4 rings (SSSR count).